The average molecular weight is 514 g/mol. The van der Waals surface area contributed by atoms with Crippen molar-refractivity contribution in [1.82, 2.24) is 15.5 Å². The molecule has 0 saturated heterocycles. The first-order valence-electron chi connectivity index (χ1n) is 13.4. The van der Waals surface area contributed by atoms with Gasteiger partial charge in [0.25, 0.3) is 0 Å². The minimum Gasteiger partial charge on any atom is -0.444 e. The summed E-state index contributed by atoms with van der Waals surface area (Å²) in [5.41, 5.74) is 0.152. The van der Waals surface area contributed by atoms with Crippen LogP contribution in [0, 0.1) is 12.3 Å². The Hall–Kier alpha value is -3.01. The maximum absolute atomic E-state index is 13.8. The molecule has 37 heavy (non-hydrogen) atoms. The Kier molecular flexibility index (Phi) is 12.7. The fourth-order valence-electron chi connectivity index (χ4n) is 3.90. The Morgan fingerprint density at radius 3 is 2.05 bits per heavy atom. The van der Waals surface area contributed by atoms with Crippen LogP contribution in [0.3, 0.4) is 0 Å². The number of amides is 3. The van der Waals surface area contributed by atoms with Crippen molar-refractivity contribution >= 4 is 17.9 Å². The van der Waals surface area contributed by atoms with Gasteiger partial charge in [0.05, 0.1) is 0 Å². The number of carbonyl (C=O) groups is 3. The van der Waals surface area contributed by atoms with Crippen LogP contribution < -0.4 is 10.6 Å². The van der Waals surface area contributed by atoms with Gasteiger partial charge in [0.2, 0.25) is 11.8 Å². The molecule has 0 fully saturated rings. The summed E-state index contributed by atoms with van der Waals surface area (Å²) in [6.45, 7) is 15.1. The predicted molar refractivity (Wildman–Crippen MR) is 149 cm³/mol. The first-order valence-corrected chi connectivity index (χ1v) is 13.4. The lowest BCUT2D eigenvalue weighted by Crippen LogP contribution is -2.54. The van der Waals surface area contributed by atoms with Crippen LogP contribution in [0.2, 0.25) is 0 Å². The zero-order valence-electron chi connectivity index (χ0n) is 24.1. The second-order valence-electron chi connectivity index (χ2n) is 11.6. The third-order valence-corrected chi connectivity index (χ3v) is 5.59. The molecule has 0 bridgehead atoms. The number of alkyl carbamates (subject to hydrolysis) is 1. The van der Waals surface area contributed by atoms with Crippen LogP contribution in [0.4, 0.5) is 4.79 Å². The molecule has 0 aliphatic carbocycles. The fraction of sp³-hybridized carbons (Fsp3) is 0.633. The van der Waals surface area contributed by atoms with E-state index in [9.17, 15) is 14.4 Å². The largest absolute Gasteiger partial charge is 0.444 e. The number of benzene rings is 1. The SMILES string of the molecule is C#Cc1ccc(C(C(=O)NC(C)(C)C)N(CCCCCCCC)C(=O)C(C)NC(=O)OC(C)(C)C)cc1. The minimum atomic E-state index is -0.884. The van der Waals surface area contributed by atoms with Gasteiger partial charge < -0.3 is 20.3 Å². The monoisotopic (exact) mass is 513 g/mol. The number of hydrogen-bond donors (Lipinski definition) is 2. The third-order valence-electron chi connectivity index (χ3n) is 5.59. The van der Waals surface area contributed by atoms with Gasteiger partial charge in [-0.3, -0.25) is 9.59 Å². The van der Waals surface area contributed by atoms with Gasteiger partial charge >= 0.3 is 6.09 Å². The number of ether oxygens (including phenoxy) is 1. The van der Waals surface area contributed by atoms with Crippen molar-refractivity contribution in [3.05, 3.63) is 35.4 Å². The quantitative estimate of drug-likeness (QED) is 0.276. The Morgan fingerprint density at radius 1 is 0.973 bits per heavy atom. The van der Waals surface area contributed by atoms with Gasteiger partial charge in [-0.15, -0.1) is 6.42 Å². The van der Waals surface area contributed by atoms with E-state index in [4.69, 9.17) is 11.2 Å². The highest BCUT2D eigenvalue weighted by Gasteiger charge is 2.35. The topological polar surface area (TPSA) is 87.7 Å². The number of carbonyl (C=O) groups excluding carboxylic acids is 3. The normalized spacial score (nSPS) is 13.2. The summed E-state index contributed by atoms with van der Waals surface area (Å²) < 4.78 is 5.34. The molecule has 2 atom stereocenters. The molecular weight excluding hydrogens is 466 g/mol. The lowest BCUT2D eigenvalue weighted by molar-refractivity contribution is -0.142. The van der Waals surface area contributed by atoms with Crippen molar-refractivity contribution in [2.75, 3.05) is 6.54 Å². The van der Waals surface area contributed by atoms with E-state index in [2.05, 4.69) is 23.5 Å². The van der Waals surface area contributed by atoms with Crippen LogP contribution >= 0.6 is 0 Å². The molecule has 0 aromatic heterocycles. The molecule has 2 unspecified atom stereocenters. The molecule has 1 aromatic rings. The third kappa shape index (κ3) is 12.2. The van der Waals surface area contributed by atoms with Crippen LogP contribution in [0.15, 0.2) is 24.3 Å². The minimum absolute atomic E-state index is 0.287. The van der Waals surface area contributed by atoms with E-state index in [1.54, 1.807) is 56.9 Å². The number of nitrogens with zero attached hydrogens (tertiary/aromatic N) is 1. The Balaban J connectivity index is 3.31. The molecule has 0 saturated carbocycles. The summed E-state index contributed by atoms with van der Waals surface area (Å²) in [4.78, 5) is 41.3. The lowest BCUT2D eigenvalue weighted by Gasteiger charge is -2.35. The Morgan fingerprint density at radius 2 is 1.54 bits per heavy atom. The zero-order valence-corrected chi connectivity index (χ0v) is 24.1. The van der Waals surface area contributed by atoms with Gasteiger partial charge in [0, 0.05) is 17.6 Å². The first kappa shape index (κ1) is 32.0. The van der Waals surface area contributed by atoms with E-state index in [0.717, 1.165) is 32.1 Å². The van der Waals surface area contributed by atoms with Crippen molar-refractivity contribution in [1.29, 1.82) is 0 Å². The second kappa shape index (κ2) is 14.7. The summed E-state index contributed by atoms with van der Waals surface area (Å²) in [5.74, 6) is 1.95. The summed E-state index contributed by atoms with van der Waals surface area (Å²) in [5, 5.41) is 5.66. The van der Waals surface area contributed by atoms with Crippen molar-refractivity contribution < 1.29 is 19.1 Å². The van der Waals surface area contributed by atoms with Gasteiger partial charge in [0.15, 0.2) is 0 Å². The predicted octanol–water partition coefficient (Wildman–Crippen LogP) is 5.73. The number of rotatable bonds is 12. The molecule has 206 valence electrons. The number of hydrogen-bond acceptors (Lipinski definition) is 4. The molecule has 7 heteroatoms. The molecule has 1 rings (SSSR count). The maximum atomic E-state index is 13.8. The van der Waals surface area contributed by atoms with Gasteiger partial charge in [-0.05, 0) is 72.6 Å². The Bertz CT molecular complexity index is 920. The molecule has 0 radical (unpaired) electrons. The zero-order chi connectivity index (χ0) is 28.2. The van der Waals surface area contributed by atoms with E-state index in [0.29, 0.717) is 17.7 Å². The molecule has 1 aromatic carbocycles. The van der Waals surface area contributed by atoms with Crippen molar-refractivity contribution in [2.24, 2.45) is 0 Å². The van der Waals surface area contributed by atoms with E-state index >= 15 is 0 Å². The van der Waals surface area contributed by atoms with E-state index in [1.807, 2.05) is 20.8 Å². The Labute approximate surface area is 224 Å². The molecule has 7 nitrogen and oxygen atoms in total. The van der Waals surface area contributed by atoms with E-state index in [-0.39, 0.29) is 11.8 Å². The summed E-state index contributed by atoms with van der Waals surface area (Å²) in [6.07, 6.45) is 11.1. The van der Waals surface area contributed by atoms with Crippen molar-refractivity contribution in [3.63, 3.8) is 0 Å². The van der Waals surface area contributed by atoms with E-state index in [1.165, 1.54) is 6.42 Å². The lowest BCUT2D eigenvalue weighted by atomic mass is 9.99. The first-order chi connectivity index (χ1) is 17.2. The van der Waals surface area contributed by atoms with Crippen LogP contribution in [0.1, 0.15) is 111 Å². The van der Waals surface area contributed by atoms with Gasteiger partial charge in [-0.2, -0.15) is 0 Å². The molecule has 0 aliphatic rings. The molecule has 3 amide bonds. The molecule has 2 N–H and O–H groups in total. The van der Waals surface area contributed by atoms with Gasteiger partial charge in [0.1, 0.15) is 17.7 Å². The molecular formula is C30H47N3O4. The van der Waals surface area contributed by atoms with Gasteiger partial charge in [-0.25, -0.2) is 4.79 Å². The van der Waals surface area contributed by atoms with Crippen LogP contribution in [-0.2, 0) is 14.3 Å². The highest BCUT2D eigenvalue weighted by atomic mass is 16.6. The summed E-state index contributed by atoms with van der Waals surface area (Å²) in [7, 11) is 0. The van der Waals surface area contributed by atoms with Gasteiger partial charge in [-0.1, -0.05) is 57.1 Å². The molecule has 0 spiro atoms. The molecule has 0 heterocycles. The number of nitrogens with one attached hydrogen (secondary N) is 2. The van der Waals surface area contributed by atoms with Crippen molar-refractivity contribution in [2.45, 2.75) is 117 Å². The van der Waals surface area contributed by atoms with Crippen molar-refractivity contribution in [3.8, 4) is 12.3 Å². The average Bonchev–Trinajstić information content (AvgIpc) is 2.77. The van der Waals surface area contributed by atoms with Crippen LogP contribution in [-0.4, -0.2) is 46.5 Å². The molecule has 0 aliphatic heterocycles. The highest BCUT2D eigenvalue weighted by Crippen LogP contribution is 2.25. The standard InChI is InChI=1S/C30H47N3O4/c1-10-12-13-14-15-16-21-33(27(35)22(3)31-28(36)37-30(7,8)9)25(26(34)32-29(4,5)6)24-19-17-23(11-2)18-20-24/h2,17-20,22,25H,10,12-16,21H2,1,3-9H3,(H,31,36)(H,32,34). The van der Waals surface area contributed by atoms with Crippen LogP contribution in [0.25, 0.3) is 0 Å². The number of unbranched alkanes of at least 4 members (excludes halogenated alkanes) is 5. The van der Waals surface area contributed by atoms with Crippen LogP contribution in [0.5, 0.6) is 0 Å². The number of terminal acetylenes is 1. The smallest absolute Gasteiger partial charge is 0.408 e. The summed E-state index contributed by atoms with van der Waals surface area (Å²) in [6, 6.07) is 5.35. The highest BCUT2D eigenvalue weighted by molar-refractivity contribution is 5.92. The summed E-state index contributed by atoms with van der Waals surface area (Å²) >= 11 is 0. The van der Waals surface area contributed by atoms with E-state index < -0.39 is 29.3 Å². The second-order valence-corrected chi connectivity index (χ2v) is 11.6. The maximum Gasteiger partial charge on any atom is 0.408 e. The fourth-order valence-corrected chi connectivity index (χ4v) is 3.90.